The first-order chi connectivity index (χ1) is 9.88. The normalized spacial score (nSPS) is 12.6. The highest BCUT2D eigenvalue weighted by molar-refractivity contribution is 6.67. The zero-order valence-corrected chi connectivity index (χ0v) is 15.5. The molecule has 0 radical (unpaired) electrons. The van der Waals surface area contributed by atoms with Crippen LogP contribution in [-0.4, -0.2) is 21.5 Å². The van der Waals surface area contributed by atoms with Gasteiger partial charge >= 0.3 is 12.1 Å². The van der Waals surface area contributed by atoms with Gasteiger partial charge in [-0.05, 0) is 12.3 Å². The second-order valence-electron chi connectivity index (χ2n) is 6.36. The second-order valence-corrected chi connectivity index (χ2v) is 8.87. The molecular formula is C14H20Cl3NO4. The molecule has 0 aliphatic heterocycles. The zero-order chi connectivity index (χ0) is 17.1. The van der Waals surface area contributed by atoms with E-state index in [-0.39, 0.29) is 11.4 Å². The van der Waals surface area contributed by atoms with E-state index in [2.05, 4.69) is 4.98 Å². The highest BCUT2D eigenvalue weighted by Gasteiger charge is 2.28. The maximum atomic E-state index is 11.6. The van der Waals surface area contributed by atoms with Crippen molar-refractivity contribution < 1.29 is 18.7 Å². The van der Waals surface area contributed by atoms with E-state index in [1.807, 2.05) is 34.6 Å². The monoisotopic (exact) mass is 371 g/mol. The van der Waals surface area contributed by atoms with Crippen LogP contribution in [0.1, 0.15) is 46.2 Å². The summed E-state index contributed by atoms with van der Waals surface area (Å²) in [4.78, 5) is 16.1. The molecule has 1 rings (SSSR count). The number of oxazole rings is 1. The maximum absolute atomic E-state index is 11.6. The first-order valence-corrected chi connectivity index (χ1v) is 7.93. The lowest BCUT2D eigenvalue weighted by Crippen LogP contribution is -2.20. The van der Waals surface area contributed by atoms with Crippen LogP contribution in [0.25, 0.3) is 0 Å². The van der Waals surface area contributed by atoms with Crippen molar-refractivity contribution in [3.8, 4) is 5.95 Å². The quantitative estimate of drug-likeness (QED) is 0.546. The summed E-state index contributed by atoms with van der Waals surface area (Å²) in [5.41, 5.74) is 0.250. The predicted octanol–water partition coefficient (Wildman–Crippen LogP) is 5.06. The number of carbonyl (C=O) groups is 1. The van der Waals surface area contributed by atoms with Crippen molar-refractivity contribution >= 4 is 41.0 Å². The largest absolute Gasteiger partial charge is 0.516 e. The number of ether oxygens (including phenoxy) is 2. The number of rotatable bonds is 4. The van der Waals surface area contributed by atoms with Crippen molar-refractivity contribution in [1.29, 1.82) is 0 Å². The number of hydrogen-bond donors (Lipinski definition) is 0. The van der Waals surface area contributed by atoms with Gasteiger partial charge in [-0.2, -0.15) is 0 Å². The number of halogens is 3. The van der Waals surface area contributed by atoms with Crippen molar-refractivity contribution in [2.75, 3.05) is 6.61 Å². The third kappa shape index (κ3) is 6.63. The smallest absolute Gasteiger partial charge is 0.429 e. The fourth-order valence-corrected chi connectivity index (χ4v) is 1.66. The van der Waals surface area contributed by atoms with Gasteiger partial charge in [-0.3, -0.25) is 0 Å². The van der Waals surface area contributed by atoms with Crippen molar-refractivity contribution in [2.45, 2.75) is 50.2 Å². The van der Waals surface area contributed by atoms with Gasteiger partial charge in [-0.15, -0.1) is 0 Å². The van der Waals surface area contributed by atoms with Gasteiger partial charge in [0.1, 0.15) is 12.3 Å². The molecule has 0 unspecified atom stereocenters. The van der Waals surface area contributed by atoms with Crippen LogP contribution in [0.5, 0.6) is 5.95 Å². The third-order valence-electron chi connectivity index (χ3n) is 2.43. The summed E-state index contributed by atoms with van der Waals surface area (Å²) in [6.45, 7) is 9.47. The number of alkyl halides is 3. The summed E-state index contributed by atoms with van der Waals surface area (Å²) in [6, 6.07) is 0. The van der Waals surface area contributed by atoms with Gasteiger partial charge in [0.25, 0.3) is 0 Å². The maximum Gasteiger partial charge on any atom is 0.516 e. The highest BCUT2D eigenvalue weighted by Crippen LogP contribution is 2.31. The highest BCUT2D eigenvalue weighted by atomic mass is 35.6. The molecule has 0 N–H and O–H groups in total. The standard InChI is InChI=1S/C14H20Cl3NO4/c1-8(2)6-9-10(21-11(18-9)13(3,4)5)22-12(19)20-7-14(15,16)17/h8H,6-7H2,1-5H3. The molecule has 1 heterocycles. The molecule has 0 atom stereocenters. The van der Waals surface area contributed by atoms with Crippen LogP contribution in [0.15, 0.2) is 4.42 Å². The molecule has 0 bridgehead atoms. The van der Waals surface area contributed by atoms with Gasteiger partial charge in [-0.25, -0.2) is 9.78 Å². The topological polar surface area (TPSA) is 61.6 Å². The fraction of sp³-hybridized carbons (Fsp3) is 0.714. The molecular weight excluding hydrogens is 353 g/mol. The summed E-state index contributed by atoms with van der Waals surface area (Å²) in [7, 11) is 0. The Balaban J connectivity index is 2.87. The minimum atomic E-state index is -1.70. The van der Waals surface area contributed by atoms with E-state index >= 15 is 0 Å². The summed E-state index contributed by atoms with van der Waals surface area (Å²) in [5, 5.41) is 0. The number of hydrogen-bond acceptors (Lipinski definition) is 5. The van der Waals surface area contributed by atoms with Crippen LogP contribution in [0.3, 0.4) is 0 Å². The van der Waals surface area contributed by atoms with E-state index in [0.717, 1.165) is 0 Å². The molecule has 1 aromatic rings. The summed E-state index contributed by atoms with van der Waals surface area (Å²) in [6.07, 6.45) is -0.403. The first kappa shape index (κ1) is 19.4. The number of aromatic nitrogens is 1. The van der Waals surface area contributed by atoms with E-state index < -0.39 is 16.6 Å². The average Bonchev–Trinajstić information content (AvgIpc) is 2.68. The second kappa shape index (κ2) is 7.28. The molecule has 8 heteroatoms. The Morgan fingerprint density at radius 3 is 2.32 bits per heavy atom. The molecule has 0 amide bonds. The van der Waals surface area contributed by atoms with Crippen molar-refractivity contribution in [1.82, 2.24) is 4.98 Å². The number of nitrogens with zero attached hydrogens (tertiary/aromatic N) is 1. The van der Waals surface area contributed by atoms with Gasteiger partial charge in [0.2, 0.25) is 9.68 Å². The van der Waals surface area contributed by atoms with Crippen LogP contribution in [0, 0.1) is 5.92 Å². The molecule has 5 nitrogen and oxygen atoms in total. The van der Waals surface area contributed by atoms with Gasteiger partial charge in [0.15, 0.2) is 0 Å². The molecule has 0 saturated carbocycles. The van der Waals surface area contributed by atoms with Crippen LogP contribution in [0.4, 0.5) is 4.79 Å². The lowest BCUT2D eigenvalue weighted by atomic mass is 9.97. The van der Waals surface area contributed by atoms with E-state index in [9.17, 15) is 4.79 Å². The van der Waals surface area contributed by atoms with Crippen molar-refractivity contribution in [2.24, 2.45) is 5.92 Å². The Morgan fingerprint density at radius 2 is 1.86 bits per heavy atom. The molecule has 0 aliphatic carbocycles. The number of carbonyl (C=O) groups excluding carboxylic acids is 1. The fourth-order valence-electron chi connectivity index (χ4n) is 1.50. The lowest BCUT2D eigenvalue weighted by Gasteiger charge is -2.12. The Kier molecular flexibility index (Phi) is 6.42. The first-order valence-electron chi connectivity index (χ1n) is 6.80. The molecule has 0 aromatic carbocycles. The lowest BCUT2D eigenvalue weighted by molar-refractivity contribution is 0.0900. The summed E-state index contributed by atoms with van der Waals surface area (Å²) in [5.74, 6) is 0.817. The zero-order valence-electron chi connectivity index (χ0n) is 13.2. The van der Waals surface area contributed by atoms with E-state index in [0.29, 0.717) is 23.9 Å². The molecule has 1 aromatic heterocycles. The molecule has 0 fully saturated rings. The molecule has 22 heavy (non-hydrogen) atoms. The minimum absolute atomic E-state index is 0.0212. The van der Waals surface area contributed by atoms with Crippen LogP contribution in [0.2, 0.25) is 0 Å². The van der Waals surface area contributed by atoms with Gasteiger partial charge in [-0.1, -0.05) is 69.4 Å². The van der Waals surface area contributed by atoms with Crippen molar-refractivity contribution in [3.05, 3.63) is 11.6 Å². The Labute approximate surface area is 145 Å². The van der Waals surface area contributed by atoms with Gasteiger partial charge < -0.3 is 13.9 Å². The van der Waals surface area contributed by atoms with Gasteiger partial charge in [0, 0.05) is 5.41 Å². The summed E-state index contributed by atoms with van der Waals surface area (Å²) < 4.78 is 13.6. The van der Waals surface area contributed by atoms with Crippen LogP contribution >= 0.6 is 34.8 Å². The molecule has 0 saturated heterocycles. The van der Waals surface area contributed by atoms with Gasteiger partial charge in [0.05, 0.1) is 0 Å². The van der Waals surface area contributed by atoms with Crippen LogP contribution < -0.4 is 4.74 Å². The predicted molar refractivity (Wildman–Crippen MR) is 86.0 cm³/mol. The Bertz CT molecular complexity index is 515. The van der Waals surface area contributed by atoms with E-state index in [1.165, 1.54) is 0 Å². The molecule has 0 aliphatic rings. The molecule has 126 valence electrons. The third-order valence-corrected chi connectivity index (χ3v) is 2.76. The summed E-state index contributed by atoms with van der Waals surface area (Å²) >= 11 is 16.5. The Hall–Kier alpha value is -0.650. The van der Waals surface area contributed by atoms with E-state index in [1.54, 1.807) is 0 Å². The SMILES string of the molecule is CC(C)Cc1nc(C(C)(C)C)oc1OC(=O)OCC(Cl)(Cl)Cl. The minimum Gasteiger partial charge on any atom is -0.429 e. The molecule has 0 spiro atoms. The van der Waals surface area contributed by atoms with Crippen molar-refractivity contribution in [3.63, 3.8) is 0 Å². The average molecular weight is 373 g/mol. The van der Waals surface area contributed by atoms with Crippen LogP contribution in [-0.2, 0) is 16.6 Å². The van der Waals surface area contributed by atoms with E-state index in [4.69, 9.17) is 48.7 Å². The Morgan fingerprint density at radius 1 is 1.27 bits per heavy atom.